The monoisotopic (exact) mass is 342 g/mol. The normalized spacial score (nSPS) is 12.1. The molecule has 0 spiro atoms. The van der Waals surface area contributed by atoms with Crippen molar-refractivity contribution in [2.75, 3.05) is 5.32 Å². The average molecular weight is 343 g/mol. The van der Waals surface area contributed by atoms with E-state index in [0.29, 0.717) is 10.8 Å². The fourth-order valence-electron chi connectivity index (χ4n) is 2.18. The lowest BCUT2D eigenvalue weighted by molar-refractivity contribution is -0.115. The van der Waals surface area contributed by atoms with Crippen LogP contribution in [-0.2, 0) is 4.79 Å². The Morgan fingerprint density at radius 1 is 1.13 bits per heavy atom. The number of benzene rings is 2. The van der Waals surface area contributed by atoms with E-state index in [1.807, 2.05) is 25.1 Å². The molecule has 0 saturated carbocycles. The Hall–Kier alpha value is -2.04. The summed E-state index contributed by atoms with van der Waals surface area (Å²) in [5.74, 6) is 0.420. The van der Waals surface area contributed by atoms with Crippen LogP contribution in [0.15, 0.2) is 65.7 Å². The van der Waals surface area contributed by atoms with Crippen molar-refractivity contribution in [3.05, 3.63) is 65.8 Å². The van der Waals surface area contributed by atoms with Gasteiger partial charge in [-0.25, -0.2) is 4.98 Å². The summed E-state index contributed by atoms with van der Waals surface area (Å²) in [5.41, 5.74) is 0. The van der Waals surface area contributed by atoms with Gasteiger partial charge >= 0.3 is 0 Å². The van der Waals surface area contributed by atoms with Crippen LogP contribution in [0, 0.1) is 0 Å². The fraction of sp³-hybridized carbons (Fsp3) is 0.111. The molecule has 5 heteroatoms. The molecule has 3 rings (SSSR count). The van der Waals surface area contributed by atoms with Crippen molar-refractivity contribution in [2.24, 2.45) is 0 Å². The number of amides is 1. The molecular weight excluding hydrogens is 328 g/mol. The molecule has 1 aromatic heterocycles. The zero-order chi connectivity index (χ0) is 16.2. The molecule has 116 valence electrons. The lowest BCUT2D eigenvalue weighted by Crippen LogP contribution is -2.22. The molecule has 1 atom stereocenters. The topological polar surface area (TPSA) is 42.0 Å². The Kier molecular flexibility index (Phi) is 4.84. The van der Waals surface area contributed by atoms with Crippen LogP contribution in [0.4, 0.5) is 5.82 Å². The number of rotatable bonds is 4. The molecule has 0 aliphatic rings. The third-order valence-electron chi connectivity index (χ3n) is 3.38. The van der Waals surface area contributed by atoms with Crippen molar-refractivity contribution < 1.29 is 4.79 Å². The quantitative estimate of drug-likeness (QED) is 0.678. The van der Waals surface area contributed by atoms with Crippen LogP contribution in [0.1, 0.15) is 6.92 Å². The largest absolute Gasteiger partial charge is 0.310 e. The first kappa shape index (κ1) is 15.8. The number of thioether (sulfide) groups is 1. The molecule has 0 aliphatic carbocycles. The lowest BCUT2D eigenvalue weighted by atomic mass is 10.1. The first-order valence-corrected chi connectivity index (χ1v) is 8.45. The SMILES string of the molecule is C[C@@H](Sc1ccc2ccccc2c1)C(=O)Nc1ccc(Cl)cn1. The maximum Gasteiger partial charge on any atom is 0.238 e. The Morgan fingerprint density at radius 2 is 1.91 bits per heavy atom. The number of fused-ring (bicyclic) bond motifs is 1. The minimum Gasteiger partial charge on any atom is -0.310 e. The molecule has 2 aromatic carbocycles. The van der Waals surface area contributed by atoms with Crippen LogP contribution < -0.4 is 5.32 Å². The number of aromatic nitrogens is 1. The molecule has 1 amide bonds. The molecule has 0 bridgehead atoms. The molecule has 0 aliphatic heterocycles. The zero-order valence-electron chi connectivity index (χ0n) is 12.5. The van der Waals surface area contributed by atoms with E-state index >= 15 is 0 Å². The standard InChI is InChI=1S/C18H15ClN2OS/c1-12(18(22)21-17-9-7-15(19)11-20-17)23-16-8-6-13-4-2-3-5-14(13)10-16/h2-12H,1H3,(H,20,21,22)/t12-/m1/s1. The number of carbonyl (C=O) groups is 1. The molecule has 0 saturated heterocycles. The lowest BCUT2D eigenvalue weighted by Gasteiger charge is -2.12. The van der Waals surface area contributed by atoms with Crippen molar-refractivity contribution in [1.82, 2.24) is 4.98 Å². The number of nitrogens with one attached hydrogen (secondary N) is 1. The molecule has 3 aromatic rings. The van der Waals surface area contributed by atoms with E-state index in [0.717, 1.165) is 4.90 Å². The number of anilines is 1. The average Bonchev–Trinajstić information content (AvgIpc) is 2.56. The maximum absolute atomic E-state index is 12.3. The minimum atomic E-state index is -0.228. The first-order chi connectivity index (χ1) is 11.1. The third-order valence-corrected chi connectivity index (χ3v) is 4.70. The van der Waals surface area contributed by atoms with Gasteiger partial charge in [-0.1, -0.05) is 41.9 Å². The maximum atomic E-state index is 12.3. The Bertz CT molecular complexity index is 836. The number of pyridine rings is 1. The second-order valence-corrected chi connectivity index (χ2v) is 6.97. The van der Waals surface area contributed by atoms with Crippen molar-refractivity contribution >= 4 is 45.9 Å². The molecular formula is C18H15ClN2OS. The number of halogens is 1. The number of hydrogen-bond acceptors (Lipinski definition) is 3. The smallest absolute Gasteiger partial charge is 0.238 e. The Balaban J connectivity index is 1.68. The van der Waals surface area contributed by atoms with E-state index in [-0.39, 0.29) is 11.2 Å². The van der Waals surface area contributed by atoms with Crippen LogP contribution >= 0.6 is 23.4 Å². The van der Waals surface area contributed by atoms with Gasteiger partial charge in [0.1, 0.15) is 5.82 Å². The van der Waals surface area contributed by atoms with Gasteiger partial charge in [0.15, 0.2) is 0 Å². The van der Waals surface area contributed by atoms with Crippen LogP contribution in [0.5, 0.6) is 0 Å². The van der Waals surface area contributed by atoms with Gasteiger partial charge in [-0.05, 0) is 42.0 Å². The predicted molar refractivity (Wildman–Crippen MR) is 97.1 cm³/mol. The summed E-state index contributed by atoms with van der Waals surface area (Å²) in [6.45, 7) is 1.88. The Morgan fingerprint density at radius 3 is 2.65 bits per heavy atom. The predicted octanol–water partition coefficient (Wildman–Crippen LogP) is 5.01. The number of carbonyl (C=O) groups excluding carboxylic acids is 1. The highest BCUT2D eigenvalue weighted by atomic mass is 35.5. The summed E-state index contributed by atoms with van der Waals surface area (Å²) in [7, 11) is 0. The molecule has 1 heterocycles. The molecule has 23 heavy (non-hydrogen) atoms. The van der Waals surface area contributed by atoms with Crippen LogP contribution in [0.25, 0.3) is 10.8 Å². The Labute approximate surface area is 144 Å². The van der Waals surface area contributed by atoms with E-state index in [9.17, 15) is 4.79 Å². The van der Waals surface area contributed by atoms with Gasteiger partial charge in [-0.2, -0.15) is 0 Å². The highest BCUT2D eigenvalue weighted by Crippen LogP contribution is 2.27. The van der Waals surface area contributed by atoms with Gasteiger partial charge in [0.25, 0.3) is 0 Å². The van der Waals surface area contributed by atoms with Gasteiger partial charge in [0.05, 0.1) is 10.3 Å². The van der Waals surface area contributed by atoms with E-state index < -0.39 is 0 Å². The summed E-state index contributed by atoms with van der Waals surface area (Å²) >= 11 is 7.31. The molecule has 3 nitrogen and oxygen atoms in total. The molecule has 0 radical (unpaired) electrons. The van der Waals surface area contributed by atoms with Crippen molar-refractivity contribution in [3.8, 4) is 0 Å². The van der Waals surface area contributed by atoms with Crippen molar-refractivity contribution in [1.29, 1.82) is 0 Å². The summed E-state index contributed by atoms with van der Waals surface area (Å²) in [5, 5.41) is 5.48. The summed E-state index contributed by atoms with van der Waals surface area (Å²) in [6, 6.07) is 17.8. The van der Waals surface area contributed by atoms with E-state index in [1.165, 1.54) is 28.7 Å². The zero-order valence-corrected chi connectivity index (χ0v) is 14.1. The third kappa shape index (κ3) is 4.03. The summed E-state index contributed by atoms with van der Waals surface area (Å²) in [4.78, 5) is 17.4. The molecule has 0 unspecified atom stereocenters. The number of hydrogen-bond donors (Lipinski definition) is 1. The highest BCUT2D eigenvalue weighted by molar-refractivity contribution is 8.00. The van der Waals surface area contributed by atoms with Gasteiger partial charge in [-0.3, -0.25) is 4.79 Å². The van der Waals surface area contributed by atoms with Crippen molar-refractivity contribution in [2.45, 2.75) is 17.1 Å². The van der Waals surface area contributed by atoms with E-state index in [1.54, 1.807) is 12.1 Å². The highest BCUT2D eigenvalue weighted by Gasteiger charge is 2.15. The van der Waals surface area contributed by atoms with Gasteiger partial charge in [0.2, 0.25) is 5.91 Å². The van der Waals surface area contributed by atoms with Gasteiger partial charge < -0.3 is 5.32 Å². The molecule has 1 N–H and O–H groups in total. The first-order valence-electron chi connectivity index (χ1n) is 7.20. The van der Waals surface area contributed by atoms with E-state index in [2.05, 4.69) is 34.6 Å². The van der Waals surface area contributed by atoms with Crippen LogP contribution in [-0.4, -0.2) is 16.1 Å². The van der Waals surface area contributed by atoms with Crippen LogP contribution in [0.2, 0.25) is 5.02 Å². The van der Waals surface area contributed by atoms with Gasteiger partial charge in [-0.15, -0.1) is 11.8 Å². The molecule has 0 fully saturated rings. The number of nitrogens with zero attached hydrogens (tertiary/aromatic N) is 1. The fourth-order valence-corrected chi connectivity index (χ4v) is 3.20. The summed E-state index contributed by atoms with van der Waals surface area (Å²) in [6.07, 6.45) is 1.51. The van der Waals surface area contributed by atoms with Gasteiger partial charge in [0, 0.05) is 11.1 Å². The second kappa shape index (κ2) is 7.02. The van der Waals surface area contributed by atoms with E-state index in [4.69, 9.17) is 11.6 Å². The summed E-state index contributed by atoms with van der Waals surface area (Å²) < 4.78 is 0. The second-order valence-electron chi connectivity index (χ2n) is 5.12. The minimum absolute atomic E-state index is 0.0852. The van der Waals surface area contributed by atoms with Crippen molar-refractivity contribution in [3.63, 3.8) is 0 Å². The van der Waals surface area contributed by atoms with Crippen LogP contribution in [0.3, 0.4) is 0 Å².